The average molecular weight is 246 g/mol. The summed E-state index contributed by atoms with van der Waals surface area (Å²) >= 11 is 0. The van der Waals surface area contributed by atoms with Crippen molar-refractivity contribution in [2.24, 2.45) is 0 Å². The lowest BCUT2D eigenvalue weighted by molar-refractivity contribution is -0.139. The van der Waals surface area contributed by atoms with Crippen LogP contribution < -0.4 is 0 Å². The second kappa shape index (κ2) is 4.63. The zero-order chi connectivity index (χ0) is 13.4. The molecule has 0 bridgehead atoms. The van der Waals surface area contributed by atoms with Gasteiger partial charge in [-0.15, -0.1) is 0 Å². The number of hydrogen-bond donors (Lipinski definition) is 0. The molecular weight excluding hydrogens is 229 g/mol. The Kier molecular flexibility index (Phi) is 3.79. The first kappa shape index (κ1) is 13.9. The lowest BCUT2D eigenvalue weighted by Crippen LogP contribution is -2.18. The Hall–Kier alpha value is -1.13. The zero-order valence-electron chi connectivity index (χ0n) is 10.7. The first-order valence-electron chi connectivity index (χ1n) is 5.60. The second-order valence-corrected chi connectivity index (χ2v) is 4.78. The van der Waals surface area contributed by atoms with Crippen LogP contribution in [0.15, 0.2) is 0 Å². The van der Waals surface area contributed by atoms with Crippen LogP contribution in [0.3, 0.4) is 0 Å². The standard InChI is InChI=1S/C12H17F3N2/c1-6(2)10-8(5)9(12(13,14)15)11(7(3)4)17-16-10/h6-7H,1-5H3. The third-order valence-electron chi connectivity index (χ3n) is 2.66. The Balaban J connectivity index is 3.54. The molecule has 1 aromatic heterocycles. The van der Waals surface area contributed by atoms with Gasteiger partial charge in [-0.3, -0.25) is 0 Å². The van der Waals surface area contributed by atoms with Crippen LogP contribution in [0.4, 0.5) is 13.2 Å². The van der Waals surface area contributed by atoms with Gasteiger partial charge in [0.15, 0.2) is 0 Å². The topological polar surface area (TPSA) is 25.8 Å². The molecule has 1 heterocycles. The second-order valence-electron chi connectivity index (χ2n) is 4.78. The van der Waals surface area contributed by atoms with E-state index in [0.717, 1.165) is 0 Å². The number of rotatable bonds is 2. The van der Waals surface area contributed by atoms with E-state index < -0.39 is 11.7 Å². The first-order valence-corrected chi connectivity index (χ1v) is 5.60. The number of aromatic nitrogens is 2. The summed E-state index contributed by atoms with van der Waals surface area (Å²) in [5, 5.41) is 7.68. The smallest absolute Gasteiger partial charge is 0.166 e. The molecule has 1 aromatic rings. The molecule has 0 fully saturated rings. The Morgan fingerprint density at radius 3 is 1.65 bits per heavy atom. The van der Waals surface area contributed by atoms with Crippen molar-refractivity contribution in [3.63, 3.8) is 0 Å². The molecule has 0 unspecified atom stereocenters. The van der Waals surface area contributed by atoms with Crippen LogP contribution in [0.2, 0.25) is 0 Å². The predicted molar refractivity (Wildman–Crippen MR) is 59.9 cm³/mol. The van der Waals surface area contributed by atoms with Crippen LogP contribution in [0.1, 0.15) is 62.0 Å². The molecular formula is C12H17F3N2. The lowest BCUT2D eigenvalue weighted by atomic mass is 9.95. The van der Waals surface area contributed by atoms with Gasteiger partial charge < -0.3 is 0 Å². The quantitative estimate of drug-likeness (QED) is 0.786. The summed E-state index contributed by atoms with van der Waals surface area (Å²) in [5.41, 5.74) is 0.0264. The largest absolute Gasteiger partial charge is 0.418 e. The van der Waals surface area contributed by atoms with Gasteiger partial charge >= 0.3 is 6.18 Å². The van der Waals surface area contributed by atoms with Crippen molar-refractivity contribution in [1.82, 2.24) is 10.2 Å². The monoisotopic (exact) mass is 246 g/mol. The van der Waals surface area contributed by atoms with Gasteiger partial charge in [-0.1, -0.05) is 27.7 Å². The summed E-state index contributed by atoms with van der Waals surface area (Å²) in [4.78, 5) is 0. The molecule has 5 heteroatoms. The minimum Gasteiger partial charge on any atom is -0.166 e. The van der Waals surface area contributed by atoms with Gasteiger partial charge in [0.1, 0.15) is 0 Å². The van der Waals surface area contributed by atoms with Crippen molar-refractivity contribution in [3.8, 4) is 0 Å². The third-order valence-corrected chi connectivity index (χ3v) is 2.66. The molecule has 0 aliphatic carbocycles. The maximum absolute atomic E-state index is 13.0. The van der Waals surface area contributed by atoms with Crippen molar-refractivity contribution in [1.29, 1.82) is 0 Å². The van der Waals surface area contributed by atoms with E-state index in [9.17, 15) is 13.2 Å². The summed E-state index contributed by atoms with van der Waals surface area (Å²) in [6.07, 6.45) is -4.37. The number of hydrogen-bond acceptors (Lipinski definition) is 2. The molecule has 0 saturated carbocycles. The molecule has 0 aliphatic heterocycles. The summed E-state index contributed by atoms with van der Waals surface area (Å²) in [6, 6.07) is 0. The van der Waals surface area contributed by atoms with Crippen molar-refractivity contribution in [2.45, 2.75) is 52.6 Å². The van der Waals surface area contributed by atoms with Crippen molar-refractivity contribution >= 4 is 0 Å². The molecule has 0 spiro atoms. The van der Waals surface area contributed by atoms with E-state index in [2.05, 4.69) is 10.2 Å². The van der Waals surface area contributed by atoms with E-state index in [1.807, 2.05) is 13.8 Å². The SMILES string of the molecule is Cc1c(C(C)C)nnc(C(C)C)c1C(F)(F)F. The van der Waals surface area contributed by atoms with Crippen LogP contribution in [-0.2, 0) is 6.18 Å². The molecule has 0 atom stereocenters. The van der Waals surface area contributed by atoms with Gasteiger partial charge in [0.2, 0.25) is 0 Å². The normalized spacial score (nSPS) is 12.6. The molecule has 0 N–H and O–H groups in total. The summed E-state index contributed by atoms with van der Waals surface area (Å²) in [6.45, 7) is 8.47. The van der Waals surface area contributed by atoms with E-state index in [1.54, 1.807) is 13.8 Å². The van der Waals surface area contributed by atoms with Crippen molar-refractivity contribution in [2.75, 3.05) is 0 Å². The Bertz CT molecular complexity index is 409. The predicted octanol–water partition coefficient (Wildman–Crippen LogP) is 4.05. The Morgan fingerprint density at radius 1 is 0.882 bits per heavy atom. The van der Waals surface area contributed by atoms with E-state index >= 15 is 0 Å². The molecule has 17 heavy (non-hydrogen) atoms. The molecule has 0 amide bonds. The van der Waals surface area contributed by atoms with E-state index in [0.29, 0.717) is 5.69 Å². The molecule has 0 saturated heterocycles. The van der Waals surface area contributed by atoms with Crippen LogP contribution in [0.5, 0.6) is 0 Å². The zero-order valence-corrected chi connectivity index (χ0v) is 10.7. The maximum Gasteiger partial charge on any atom is 0.418 e. The van der Waals surface area contributed by atoms with Gasteiger partial charge in [-0.2, -0.15) is 23.4 Å². The summed E-state index contributed by atoms with van der Waals surface area (Å²) in [5.74, 6) is -0.358. The molecule has 0 aromatic carbocycles. The van der Waals surface area contributed by atoms with E-state index in [4.69, 9.17) is 0 Å². The van der Waals surface area contributed by atoms with Gasteiger partial charge in [0, 0.05) is 0 Å². The minimum absolute atomic E-state index is 0.0272. The molecule has 1 rings (SSSR count). The third kappa shape index (κ3) is 2.76. The molecule has 0 aliphatic rings. The fourth-order valence-corrected chi connectivity index (χ4v) is 1.86. The Morgan fingerprint density at radius 2 is 1.29 bits per heavy atom. The van der Waals surface area contributed by atoms with Crippen LogP contribution in [0.25, 0.3) is 0 Å². The summed E-state index contributed by atoms with van der Waals surface area (Å²) in [7, 11) is 0. The van der Waals surface area contributed by atoms with Crippen molar-refractivity contribution < 1.29 is 13.2 Å². The van der Waals surface area contributed by atoms with Crippen LogP contribution >= 0.6 is 0 Å². The van der Waals surface area contributed by atoms with Crippen molar-refractivity contribution in [3.05, 3.63) is 22.5 Å². The highest BCUT2D eigenvalue weighted by Gasteiger charge is 2.38. The van der Waals surface area contributed by atoms with Gasteiger partial charge in [-0.05, 0) is 24.3 Å². The minimum atomic E-state index is -4.37. The highest BCUT2D eigenvalue weighted by atomic mass is 19.4. The highest BCUT2D eigenvalue weighted by molar-refractivity contribution is 5.36. The fourth-order valence-electron chi connectivity index (χ4n) is 1.86. The number of halogens is 3. The molecule has 96 valence electrons. The van der Waals surface area contributed by atoms with Crippen LogP contribution in [0, 0.1) is 6.92 Å². The van der Waals surface area contributed by atoms with Crippen LogP contribution in [-0.4, -0.2) is 10.2 Å². The number of nitrogens with zero attached hydrogens (tertiary/aromatic N) is 2. The van der Waals surface area contributed by atoms with Gasteiger partial charge in [0.05, 0.1) is 17.0 Å². The number of alkyl halides is 3. The first-order chi connectivity index (χ1) is 7.66. The van der Waals surface area contributed by atoms with E-state index in [1.165, 1.54) is 6.92 Å². The molecule has 2 nitrogen and oxygen atoms in total. The van der Waals surface area contributed by atoms with Gasteiger partial charge in [-0.25, -0.2) is 0 Å². The maximum atomic E-state index is 13.0. The average Bonchev–Trinajstić information content (AvgIpc) is 2.14. The Labute approximate surface area is 99.3 Å². The lowest BCUT2D eigenvalue weighted by Gasteiger charge is -2.19. The highest BCUT2D eigenvalue weighted by Crippen LogP contribution is 2.37. The van der Waals surface area contributed by atoms with Gasteiger partial charge in [0.25, 0.3) is 0 Å². The summed E-state index contributed by atoms with van der Waals surface area (Å²) < 4.78 is 39.1. The molecule has 0 radical (unpaired) electrons. The van der Waals surface area contributed by atoms with E-state index in [-0.39, 0.29) is 23.1 Å². The fraction of sp³-hybridized carbons (Fsp3) is 0.667.